The molecule has 0 amide bonds. The number of hydrogen-bond donors (Lipinski definition) is 0. The van der Waals surface area contributed by atoms with Gasteiger partial charge in [0.2, 0.25) is 0 Å². The molecule has 19 rings (SSSR count). The van der Waals surface area contributed by atoms with Crippen LogP contribution in [0.4, 0.5) is 34.1 Å². The highest BCUT2D eigenvalue weighted by Gasteiger charge is 2.47. The first-order chi connectivity index (χ1) is 52.5. The van der Waals surface area contributed by atoms with Crippen LogP contribution in [0.3, 0.4) is 0 Å². The average molecular weight is 1390 g/mol. The van der Waals surface area contributed by atoms with Gasteiger partial charge in [-0.3, -0.25) is 0 Å². The standard InChI is InChI=1S/C104H84BN3/c1-102(2,3)73-60-85(68-37-17-11-18-38-68)100(86(61-73)69-39-19-12-20-40-69)107-93-59-72(97-81-49-27-29-51-83(81)98(84-52-30-28-50-82(84)97)80-48-26-25-45-77(80)67-35-15-10-16-36-67)55-57-89(93)105-90-58-56-76(106-91-53-33-31-46-78(91)79-47-32-34-54-92(79)106)66-94(90)108(96-65-75(104(7,8)9)64-95(107)99(96)105)101-87(70-41-21-13-22-42-70)62-74(103(4,5)6)63-88(101)71-43-23-14-24-44-71/h10-66H,1-9H3. The monoisotopic (exact) mass is 1390 g/mol. The summed E-state index contributed by atoms with van der Waals surface area (Å²) in [5.41, 5.74) is 33.6. The maximum Gasteiger partial charge on any atom is 0.252 e. The maximum atomic E-state index is 2.75. The van der Waals surface area contributed by atoms with E-state index in [1.807, 2.05) is 0 Å². The van der Waals surface area contributed by atoms with Crippen molar-refractivity contribution in [2.75, 3.05) is 9.80 Å². The van der Waals surface area contributed by atoms with Gasteiger partial charge in [-0.2, -0.15) is 0 Å². The maximum absolute atomic E-state index is 2.75. The molecule has 17 aromatic rings. The number of benzene rings is 16. The number of rotatable bonds is 10. The van der Waals surface area contributed by atoms with Gasteiger partial charge in [0.05, 0.1) is 22.4 Å². The lowest BCUT2D eigenvalue weighted by atomic mass is 9.33. The Balaban J connectivity index is 0.989. The topological polar surface area (TPSA) is 11.4 Å². The molecule has 0 saturated carbocycles. The second-order valence-corrected chi connectivity index (χ2v) is 32.7. The highest BCUT2D eigenvalue weighted by atomic mass is 15.2. The van der Waals surface area contributed by atoms with Crippen LogP contribution in [0, 0.1) is 0 Å². The fourth-order valence-corrected chi connectivity index (χ4v) is 17.7. The summed E-state index contributed by atoms with van der Waals surface area (Å²) in [5.74, 6) is 0. The summed E-state index contributed by atoms with van der Waals surface area (Å²) in [6.45, 7) is 21.1. The van der Waals surface area contributed by atoms with E-state index in [2.05, 4.69) is 422 Å². The molecule has 0 aliphatic carbocycles. The number of hydrogen-bond acceptors (Lipinski definition) is 2. The lowest BCUT2D eigenvalue weighted by Crippen LogP contribution is -2.61. The molecule has 0 radical (unpaired) electrons. The Bertz CT molecular complexity index is 6180. The molecule has 3 nitrogen and oxygen atoms in total. The first-order valence-electron chi connectivity index (χ1n) is 38.3. The molecule has 0 bridgehead atoms. The predicted molar refractivity (Wildman–Crippen MR) is 464 cm³/mol. The zero-order valence-corrected chi connectivity index (χ0v) is 62.8. The number of para-hydroxylation sites is 2. The van der Waals surface area contributed by atoms with E-state index in [9.17, 15) is 0 Å². The minimum absolute atomic E-state index is 0.196. The second-order valence-electron chi connectivity index (χ2n) is 32.7. The summed E-state index contributed by atoms with van der Waals surface area (Å²) in [7, 11) is 0. The van der Waals surface area contributed by atoms with Gasteiger partial charge in [-0.15, -0.1) is 0 Å². The van der Waals surface area contributed by atoms with Crippen LogP contribution >= 0.6 is 0 Å². The largest absolute Gasteiger partial charge is 0.310 e. The fraction of sp³-hybridized carbons (Fsp3) is 0.115. The molecule has 16 aromatic carbocycles. The van der Waals surface area contributed by atoms with E-state index >= 15 is 0 Å². The van der Waals surface area contributed by atoms with Gasteiger partial charge in [-0.1, -0.05) is 341 Å². The molecule has 0 fully saturated rings. The normalized spacial score (nSPS) is 12.8. The van der Waals surface area contributed by atoms with E-state index in [1.54, 1.807) is 0 Å². The van der Waals surface area contributed by atoms with E-state index in [0.29, 0.717) is 0 Å². The summed E-state index contributed by atoms with van der Waals surface area (Å²) in [5, 5.41) is 7.29. The van der Waals surface area contributed by atoms with Crippen molar-refractivity contribution in [3.05, 3.63) is 362 Å². The predicted octanol–water partition coefficient (Wildman–Crippen LogP) is 26.7. The number of aromatic nitrogens is 1. The van der Waals surface area contributed by atoms with Crippen molar-refractivity contribution in [1.29, 1.82) is 0 Å². The Hall–Kier alpha value is -12.5. The second kappa shape index (κ2) is 25.6. The zero-order chi connectivity index (χ0) is 73.3. The Labute approximate surface area is 635 Å². The van der Waals surface area contributed by atoms with Gasteiger partial charge in [0, 0.05) is 61.5 Å². The van der Waals surface area contributed by atoms with Gasteiger partial charge in [-0.25, -0.2) is 0 Å². The van der Waals surface area contributed by atoms with Crippen molar-refractivity contribution < 1.29 is 0 Å². The van der Waals surface area contributed by atoms with Crippen molar-refractivity contribution in [3.63, 3.8) is 0 Å². The van der Waals surface area contributed by atoms with Crippen LogP contribution in [0.2, 0.25) is 0 Å². The van der Waals surface area contributed by atoms with Crippen molar-refractivity contribution in [2.24, 2.45) is 0 Å². The van der Waals surface area contributed by atoms with Crippen LogP contribution < -0.4 is 26.2 Å². The molecule has 2 aliphatic rings. The van der Waals surface area contributed by atoms with Gasteiger partial charge in [0.15, 0.2) is 0 Å². The average Bonchev–Trinajstić information content (AvgIpc) is 0.764. The van der Waals surface area contributed by atoms with Crippen molar-refractivity contribution in [1.82, 2.24) is 4.57 Å². The van der Waals surface area contributed by atoms with Crippen LogP contribution in [0.1, 0.15) is 79.0 Å². The summed E-state index contributed by atoms with van der Waals surface area (Å²) >= 11 is 0. The fourth-order valence-electron chi connectivity index (χ4n) is 17.7. The highest BCUT2D eigenvalue weighted by molar-refractivity contribution is 7.00. The molecular formula is C104H84BN3. The van der Waals surface area contributed by atoms with Gasteiger partial charge >= 0.3 is 0 Å². The smallest absolute Gasteiger partial charge is 0.252 e. The van der Waals surface area contributed by atoms with Crippen molar-refractivity contribution in [3.8, 4) is 83.6 Å². The van der Waals surface area contributed by atoms with Gasteiger partial charge in [-0.05, 0) is 193 Å². The summed E-state index contributed by atoms with van der Waals surface area (Å²) < 4.78 is 2.51. The first kappa shape index (κ1) is 66.2. The Kier molecular flexibility index (Phi) is 15.7. The van der Waals surface area contributed by atoms with Gasteiger partial charge < -0.3 is 14.4 Å². The lowest BCUT2D eigenvalue weighted by Gasteiger charge is -2.47. The summed E-state index contributed by atoms with van der Waals surface area (Å²) in [6.07, 6.45) is 0. The number of anilines is 6. The van der Waals surface area contributed by atoms with E-state index in [4.69, 9.17) is 0 Å². The third kappa shape index (κ3) is 10.9. The minimum Gasteiger partial charge on any atom is -0.310 e. The highest BCUT2D eigenvalue weighted by Crippen LogP contribution is 2.57. The van der Waals surface area contributed by atoms with Crippen LogP contribution in [0.25, 0.3) is 127 Å². The Morgan fingerprint density at radius 3 is 0.944 bits per heavy atom. The molecule has 518 valence electrons. The lowest BCUT2D eigenvalue weighted by molar-refractivity contribution is 0.590. The molecule has 108 heavy (non-hydrogen) atoms. The zero-order valence-electron chi connectivity index (χ0n) is 62.8. The third-order valence-electron chi connectivity index (χ3n) is 23.0. The van der Waals surface area contributed by atoms with Crippen molar-refractivity contribution >= 4 is 101 Å². The molecular weight excluding hydrogens is 1300 g/mol. The van der Waals surface area contributed by atoms with Crippen LogP contribution in [-0.4, -0.2) is 11.3 Å². The molecule has 1 aromatic heterocycles. The van der Waals surface area contributed by atoms with Crippen LogP contribution in [0.5, 0.6) is 0 Å². The molecule has 3 heterocycles. The molecule has 2 aliphatic heterocycles. The molecule has 0 atom stereocenters. The van der Waals surface area contributed by atoms with E-state index in [-0.39, 0.29) is 23.0 Å². The van der Waals surface area contributed by atoms with Crippen LogP contribution in [0.15, 0.2) is 346 Å². The van der Waals surface area contributed by atoms with E-state index in [0.717, 1.165) is 67.6 Å². The molecule has 0 N–H and O–H groups in total. The quantitative estimate of drug-likeness (QED) is 0.0999. The van der Waals surface area contributed by atoms with E-state index in [1.165, 1.54) is 127 Å². The van der Waals surface area contributed by atoms with Gasteiger partial charge in [0.25, 0.3) is 6.71 Å². The van der Waals surface area contributed by atoms with E-state index < -0.39 is 0 Å². The van der Waals surface area contributed by atoms with Crippen molar-refractivity contribution in [2.45, 2.75) is 78.6 Å². The number of nitrogens with zero attached hydrogens (tertiary/aromatic N) is 3. The van der Waals surface area contributed by atoms with Crippen LogP contribution in [-0.2, 0) is 16.2 Å². The van der Waals surface area contributed by atoms with Gasteiger partial charge in [0.1, 0.15) is 0 Å². The Morgan fingerprint density at radius 1 is 0.231 bits per heavy atom. The first-order valence-corrected chi connectivity index (χ1v) is 38.3. The minimum atomic E-state index is -0.342. The number of fused-ring (bicyclic) bond motifs is 9. The summed E-state index contributed by atoms with van der Waals surface area (Å²) in [6, 6.07) is 131. The molecule has 0 unspecified atom stereocenters. The Morgan fingerprint density at radius 2 is 0.546 bits per heavy atom. The molecule has 4 heteroatoms. The summed E-state index contributed by atoms with van der Waals surface area (Å²) in [4.78, 5) is 5.49. The SMILES string of the molecule is CC(C)(C)c1cc(-c2ccccc2)c(N2c3cc(-c4c5ccccc5c(-c5ccccc5-c5ccccc5)c5ccccc45)ccc3B3c4ccc(-n5c6ccccc6c6ccccc65)cc4N(c4c(-c5ccccc5)cc(C(C)(C)C)cc4-c4ccccc4)c4cc(C(C)(C)C)cc2c43)c(-c2ccccc2)c1. The molecule has 0 saturated heterocycles. The third-order valence-corrected chi connectivity index (χ3v) is 23.0. The molecule has 0 spiro atoms.